The Labute approximate surface area is 167 Å². The number of anilines is 1. The highest BCUT2D eigenvalue weighted by atomic mass is 19.4. The van der Waals surface area contributed by atoms with E-state index in [9.17, 15) is 26.7 Å². The molecule has 1 amide bonds. The van der Waals surface area contributed by atoms with Crippen molar-refractivity contribution in [3.05, 3.63) is 71.4 Å². The van der Waals surface area contributed by atoms with Crippen LogP contribution in [0.2, 0.25) is 0 Å². The average molecular weight is 429 g/mol. The number of carbonyl (C=O) groups is 1. The quantitative estimate of drug-likeness (QED) is 0.533. The molecule has 0 aliphatic carbocycles. The van der Waals surface area contributed by atoms with Gasteiger partial charge in [0.2, 0.25) is 0 Å². The lowest BCUT2D eigenvalue weighted by Gasteiger charge is -2.09. The Balaban J connectivity index is 1.53. The van der Waals surface area contributed by atoms with Gasteiger partial charge in [-0.15, -0.1) is 0 Å². The van der Waals surface area contributed by atoms with E-state index < -0.39 is 29.5 Å². The van der Waals surface area contributed by atoms with Crippen molar-refractivity contribution in [2.75, 3.05) is 5.32 Å². The second-order valence-electron chi connectivity index (χ2n) is 6.48. The van der Waals surface area contributed by atoms with E-state index in [4.69, 9.17) is 9.15 Å². The molecule has 1 aromatic carbocycles. The van der Waals surface area contributed by atoms with Gasteiger partial charge in [-0.2, -0.15) is 27.1 Å². The number of hydrogen-bond donors (Lipinski definition) is 1. The number of benzene rings is 1. The fraction of sp³-hybridized carbons (Fsp3) is 0.263. The topological polar surface area (TPSA) is 69.3 Å². The van der Waals surface area contributed by atoms with Crippen LogP contribution in [0, 0.1) is 0 Å². The second-order valence-corrected chi connectivity index (χ2v) is 6.48. The molecule has 0 aliphatic heterocycles. The molecule has 0 unspecified atom stereocenters. The molecular formula is C19H16F5N3O3. The van der Waals surface area contributed by atoms with Crippen LogP contribution in [-0.2, 0) is 30.0 Å². The Kier molecular flexibility index (Phi) is 5.81. The Morgan fingerprint density at radius 2 is 1.97 bits per heavy atom. The van der Waals surface area contributed by atoms with Gasteiger partial charge in [0, 0.05) is 13.1 Å². The van der Waals surface area contributed by atoms with Crippen LogP contribution in [0.5, 0.6) is 0 Å². The van der Waals surface area contributed by atoms with E-state index in [0.717, 1.165) is 19.1 Å². The van der Waals surface area contributed by atoms with Crippen LogP contribution < -0.4 is 5.32 Å². The first-order chi connectivity index (χ1) is 14.0. The van der Waals surface area contributed by atoms with Crippen molar-refractivity contribution in [3.8, 4) is 0 Å². The first-order valence-electron chi connectivity index (χ1n) is 8.60. The average Bonchev–Trinajstić information content (AvgIpc) is 3.29. The fourth-order valence-electron chi connectivity index (χ4n) is 2.51. The van der Waals surface area contributed by atoms with E-state index in [1.807, 2.05) is 0 Å². The van der Waals surface area contributed by atoms with E-state index in [-0.39, 0.29) is 30.2 Å². The predicted molar refractivity (Wildman–Crippen MR) is 94.9 cm³/mol. The van der Waals surface area contributed by atoms with Gasteiger partial charge in [0.1, 0.15) is 12.4 Å². The van der Waals surface area contributed by atoms with Crippen LogP contribution in [0.4, 0.5) is 32.4 Å². The van der Waals surface area contributed by atoms with Crippen LogP contribution >= 0.6 is 0 Å². The summed E-state index contributed by atoms with van der Waals surface area (Å²) in [5, 5.41) is 6.34. The van der Waals surface area contributed by atoms with Gasteiger partial charge >= 0.3 is 18.2 Å². The van der Waals surface area contributed by atoms with Crippen LogP contribution in [-0.4, -0.2) is 15.9 Å². The van der Waals surface area contributed by atoms with Gasteiger partial charge in [0.05, 0.1) is 24.0 Å². The highest BCUT2D eigenvalue weighted by Crippen LogP contribution is 2.30. The lowest BCUT2D eigenvalue weighted by atomic mass is 10.1. The summed E-state index contributed by atoms with van der Waals surface area (Å²) in [6.45, 7) is 0.415. The molecule has 3 rings (SSSR count). The number of furan rings is 1. The number of hydrogen-bond acceptors (Lipinski definition) is 4. The number of carbonyl (C=O) groups excluding carboxylic acids is 1. The normalized spacial score (nSPS) is 12.1. The Bertz CT molecular complexity index is 1020. The maximum atomic E-state index is 13.2. The number of aromatic nitrogens is 2. The summed E-state index contributed by atoms with van der Waals surface area (Å²) in [6.07, 6.45) is -2.67. The lowest BCUT2D eigenvalue weighted by molar-refractivity contribution is -0.137. The molecule has 0 saturated carbocycles. The highest BCUT2D eigenvalue weighted by molar-refractivity contribution is 5.84. The van der Waals surface area contributed by atoms with Gasteiger partial charge in [-0.1, -0.05) is 12.1 Å². The highest BCUT2D eigenvalue weighted by Gasteiger charge is 2.30. The number of ether oxygens (including phenoxy) is 1. The van der Waals surface area contributed by atoms with Crippen LogP contribution in [0.25, 0.3) is 0 Å². The van der Waals surface area contributed by atoms with E-state index in [1.165, 1.54) is 41.3 Å². The van der Waals surface area contributed by atoms with Crippen molar-refractivity contribution in [1.82, 2.24) is 9.78 Å². The monoisotopic (exact) mass is 429 g/mol. The molecule has 0 saturated heterocycles. The van der Waals surface area contributed by atoms with E-state index in [0.29, 0.717) is 0 Å². The van der Waals surface area contributed by atoms with Gasteiger partial charge < -0.3 is 9.15 Å². The fourth-order valence-corrected chi connectivity index (χ4v) is 2.51. The summed E-state index contributed by atoms with van der Waals surface area (Å²) in [5.74, 6) is -3.33. The molecule has 160 valence electrons. The lowest BCUT2D eigenvalue weighted by Crippen LogP contribution is -2.13. The summed E-state index contributed by atoms with van der Waals surface area (Å²) in [4.78, 5) is 11.9. The van der Waals surface area contributed by atoms with Crippen molar-refractivity contribution in [2.24, 2.45) is 0 Å². The van der Waals surface area contributed by atoms with Crippen molar-refractivity contribution < 1.29 is 35.9 Å². The zero-order chi connectivity index (χ0) is 21.9. The summed E-state index contributed by atoms with van der Waals surface area (Å²) in [7, 11) is 0. The van der Waals surface area contributed by atoms with Gasteiger partial charge in [0.25, 0.3) is 0 Å². The molecule has 6 nitrogen and oxygen atoms in total. The third kappa shape index (κ3) is 5.58. The molecule has 1 N–H and O–H groups in total. The Morgan fingerprint density at radius 3 is 2.63 bits per heavy atom. The molecule has 30 heavy (non-hydrogen) atoms. The zero-order valence-electron chi connectivity index (χ0n) is 15.5. The number of rotatable bonds is 6. The molecule has 0 atom stereocenters. The maximum Gasteiger partial charge on any atom is 0.416 e. The number of alkyl halides is 5. The zero-order valence-corrected chi connectivity index (χ0v) is 15.5. The summed E-state index contributed by atoms with van der Waals surface area (Å²) < 4.78 is 75.8. The summed E-state index contributed by atoms with van der Waals surface area (Å²) >= 11 is 0. The molecule has 2 aromatic heterocycles. The standard InChI is InChI=1S/C19H16F5N3O3/c1-18(20,21)16-6-5-15(30-16)10-27-9-14(8-25-27)26-17(28)29-11-12-3-2-4-13(7-12)19(22,23)24/h2-9H,10-11H2,1H3,(H,26,28). The third-order valence-corrected chi connectivity index (χ3v) is 3.92. The molecule has 0 radical (unpaired) electrons. The van der Waals surface area contributed by atoms with Crippen molar-refractivity contribution in [3.63, 3.8) is 0 Å². The van der Waals surface area contributed by atoms with Crippen LogP contribution in [0.15, 0.2) is 53.2 Å². The molecule has 0 spiro atoms. The minimum Gasteiger partial charge on any atom is -0.458 e. The molecule has 2 heterocycles. The third-order valence-electron chi connectivity index (χ3n) is 3.92. The largest absolute Gasteiger partial charge is 0.458 e. The van der Waals surface area contributed by atoms with Gasteiger partial charge in [0.15, 0.2) is 5.76 Å². The predicted octanol–water partition coefficient (Wildman–Crippen LogP) is 5.40. The smallest absolute Gasteiger partial charge is 0.416 e. The maximum absolute atomic E-state index is 13.2. The van der Waals surface area contributed by atoms with Crippen molar-refractivity contribution in [2.45, 2.75) is 32.2 Å². The van der Waals surface area contributed by atoms with E-state index in [1.54, 1.807) is 0 Å². The number of halogens is 5. The first kappa shape index (κ1) is 21.3. The minimum atomic E-state index is -4.49. The van der Waals surface area contributed by atoms with Gasteiger partial charge in [-0.25, -0.2) is 4.79 Å². The van der Waals surface area contributed by atoms with Crippen molar-refractivity contribution >= 4 is 11.8 Å². The van der Waals surface area contributed by atoms with Gasteiger partial charge in [-0.05, 0) is 29.8 Å². The number of nitrogens with one attached hydrogen (secondary N) is 1. The number of nitrogens with zero attached hydrogens (tertiary/aromatic N) is 2. The summed E-state index contributed by atoms with van der Waals surface area (Å²) in [5.41, 5.74) is -0.416. The number of amides is 1. The minimum absolute atomic E-state index is 0.0526. The van der Waals surface area contributed by atoms with Crippen LogP contribution in [0.3, 0.4) is 0 Å². The first-order valence-corrected chi connectivity index (χ1v) is 8.60. The molecular weight excluding hydrogens is 413 g/mol. The van der Waals surface area contributed by atoms with Gasteiger partial charge in [-0.3, -0.25) is 10.00 Å². The molecule has 0 bridgehead atoms. The van der Waals surface area contributed by atoms with Crippen LogP contribution in [0.1, 0.15) is 29.6 Å². The van der Waals surface area contributed by atoms with E-state index >= 15 is 0 Å². The Hall–Kier alpha value is -3.37. The van der Waals surface area contributed by atoms with Crippen molar-refractivity contribution in [1.29, 1.82) is 0 Å². The summed E-state index contributed by atoms with van der Waals surface area (Å²) in [6, 6.07) is 6.99. The molecule has 0 aliphatic rings. The molecule has 0 fully saturated rings. The molecule has 11 heteroatoms. The Morgan fingerprint density at radius 1 is 1.20 bits per heavy atom. The molecule has 3 aromatic rings. The van der Waals surface area contributed by atoms with E-state index in [2.05, 4.69) is 10.4 Å². The second kappa shape index (κ2) is 8.17. The SMILES string of the molecule is CC(F)(F)c1ccc(Cn2cc(NC(=O)OCc3cccc(C(F)(F)F)c3)cn2)o1.